The lowest BCUT2D eigenvalue weighted by molar-refractivity contribution is 0.0992. The van der Waals surface area contributed by atoms with Gasteiger partial charge in [0.2, 0.25) is 5.91 Å². The number of nitrogens with two attached hydrogens (primary N) is 1. The molecule has 0 radical (unpaired) electrons. The first-order valence-corrected chi connectivity index (χ1v) is 7.28. The van der Waals surface area contributed by atoms with E-state index in [1.807, 2.05) is 13.0 Å². The van der Waals surface area contributed by atoms with Crippen LogP contribution in [0.5, 0.6) is 5.75 Å². The Labute approximate surface area is 138 Å². The monoisotopic (exact) mass is 324 g/mol. The van der Waals surface area contributed by atoms with Crippen LogP contribution in [0, 0.1) is 6.92 Å². The Morgan fingerprint density at radius 3 is 2.46 bits per heavy atom. The molecule has 3 aromatic rings. The van der Waals surface area contributed by atoms with Crippen molar-refractivity contribution in [3.05, 3.63) is 59.4 Å². The number of benzene rings is 2. The number of methoxy groups -OCH3 is 1. The third-order valence-corrected chi connectivity index (χ3v) is 3.78. The summed E-state index contributed by atoms with van der Waals surface area (Å²) < 4.78 is 10.8. The summed E-state index contributed by atoms with van der Waals surface area (Å²) in [5, 5.41) is 3.56. The number of ether oxygens (including phenoxy) is 1. The quantitative estimate of drug-likeness (QED) is 0.771. The van der Waals surface area contributed by atoms with E-state index in [-0.39, 0.29) is 11.7 Å². The summed E-state index contributed by atoms with van der Waals surface area (Å²) in [7, 11) is 1.58. The van der Waals surface area contributed by atoms with Gasteiger partial charge in [0, 0.05) is 22.2 Å². The zero-order valence-electron chi connectivity index (χ0n) is 13.3. The van der Waals surface area contributed by atoms with Gasteiger partial charge in [-0.05, 0) is 49.4 Å². The van der Waals surface area contributed by atoms with Gasteiger partial charge in [-0.25, -0.2) is 0 Å². The highest BCUT2D eigenvalue weighted by molar-refractivity contribution is 6.06. The van der Waals surface area contributed by atoms with E-state index in [1.165, 1.54) is 0 Å². The van der Waals surface area contributed by atoms with Crippen LogP contribution < -0.4 is 15.8 Å². The largest absolute Gasteiger partial charge is 0.497 e. The van der Waals surface area contributed by atoms with Gasteiger partial charge in [-0.15, -0.1) is 0 Å². The molecule has 3 rings (SSSR count). The topological polar surface area (TPSA) is 94.6 Å². The van der Waals surface area contributed by atoms with Gasteiger partial charge in [0.15, 0.2) is 5.76 Å². The van der Waals surface area contributed by atoms with Crippen LogP contribution in [0.25, 0.3) is 11.0 Å². The van der Waals surface area contributed by atoms with Gasteiger partial charge in [0.25, 0.3) is 5.91 Å². The number of primary amides is 1. The zero-order chi connectivity index (χ0) is 17.3. The molecular weight excluding hydrogens is 308 g/mol. The van der Waals surface area contributed by atoms with Crippen molar-refractivity contribution in [3.8, 4) is 5.75 Å². The molecule has 0 saturated carbocycles. The van der Waals surface area contributed by atoms with Crippen LogP contribution in [-0.2, 0) is 0 Å². The van der Waals surface area contributed by atoms with Crippen molar-refractivity contribution in [3.63, 3.8) is 0 Å². The summed E-state index contributed by atoms with van der Waals surface area (Å²) in [4.78, 5) is 23.5. The summed E-state index contributed by atoms with van der Waals surface area (Å²) in [5.74, 6) is 0.0436. The minimum absolute atomic E-state index is 0.234. The van der Waals surface area contributed by atoms with Crippen LogP contribution in [0.15, 0.2) is 46.9 Å². The molecule has 3 N–H and O–H groups in total. The number of amides is 2. The third kappa shape index (κ3) is 2.81. The number of furan rings is 1. The average Bonchev–Trinajstić information content (AvgIpc) is 2.91. The summed E-state index contributed by atoms with van der Waals surface area (Å²) in [6.07, 6.45) is 0. The second-order valence-corrected chi connectivity index (χ2v) is 5.31. The van der Waals surface area contributed by atoms with Gasteiger partial charge in [-0.3, -0.25) is 9.59 Å². The van der Waals surface area contributed by atoms with E-state index in [1.54, 1.807) is 43.5 Å². The summed E-state index contributed by atoms with van der Waals surface area (Å²) in [6.45, 7) is 1.82. The highest BCUT2D eigenvalue weighted by Crippen LogP contribution is 2.29. The van der Waals surface area contributed by atoms with Crippen molar-refractivity contribution in [1.29, 1.82) is 0 Å². The van der Waals surface area contributed by atoms with Gasteiger partial charge >= 0.3 is 0 Å². The van der Waals surface area contributed by atoms with Crippen molar-refractivity contribution in [2.45, 2.75) is 6.92 Å². The molecule has 24 heavy (non-hydrogen) atoms. The maximum atomic E-state index is 12.5. The van der Waals surface area contributed by atoms with Crippen LogP contribution in [-0.4, -0.2) is 18.9 Å². The molecule has 0 spiro atoms. The number of carbonyl (C=O) groups excluding carboxylic acids is 2. The fourth-order valence-electron chi connectivity index (χ4n) is 2.45. The van der Waals surface area contributed by atoms with Crippen molar-refractivity contribution >= 4 is 28.5 Å². The number of anilines is 1. The van der Waals surface area contributed by atoms with Crippen LogP contribution >= 0.6 is 0 Å². The van der Waals surface area contributed by atoms with E-state index < -0.39 is 5.91 Å². The fraction of sp³-hybridized carbons (Fsp3) is 0.111. The van der Waals surface area contributed by atoms with E-state index in [0.29, 0.717) is 22.6 Å². The zero-order valence-corrected chi connectivity index (χ0v) is 13.3. The molecule has 0 aliphatic carbocycles. The van der Waals surface area contributed by atoms with E-state index in [4.69, 9.17) is 14.9 Å². The Kier molecular flexibility index (Phi) is 3.95. The Morgan fingerprint density at radius 2 is 1.83 bits per heavy atom. The Hall–Kier alpha value is -3.28. The summed E-state index contributed by atoms with van der Waals surface area (Å²) in [5.41, 5.74) is 7.46. The second kappa shape index (κ2) is 6.08. The van der Waals surface area contributed by atoms with Crippen LogP contribution in [0.2, 0.25) is 0 Å². The molecule has 2 aromatic carbocycles. The predicted octanol–water partition coefficient (Wildman–Crippen LogP) is 3.10. The Bertz CT molecular complexity index is 926. The van der Waals surface area contributed by atoms with Crippen LogP contribution in [0.4, 0.5) is 5.69 Å². The molecule has 1 heterocycles. The van der Waals surface area contributed by atoms with Gasteiger partial charge in [0.05, 0.1) is 7.11 Å². The molecule has 6 heteroatoms. The second-order valence-electron chi connectivity index (χ2n) is 5.31. The minimum atomic E-state index is -0.519. The van der Waals surface area contributed by atoms with E-state index in [2.05, 4.69) is 5.32 Å². The van der Waals surface area contributed by atoms with Crippen molar-refractivity contribution in [1.82, 2.24) is 0 Å². The normalized spacial score (nSPS) is 10.6. The molecular formula is C18H16N2O4. The Morgan fingerprint density at radius 1 is 1.12 bits per heavy atom. The molecule has 0 atom stereocenters. The SMILES string of the molecule is COc1ccc2oc(C(=O)Nc3ccc(C(N)=O)cc3)c(C)c2c1. The molecule has 0 aliphatic heterocycles. The first-order chi connectivity index (χ1) is 11.5. The number of rotatable bonds is 4. The minimum Gasteiger partial charge on any atom is -0.497 e. The van der Waals surface area contributed by atoms with Gasteiger partial charge in [0.1, 0.15) is 11.3 Å². The predicted molar refractivity (Wildman–Crippen MR) is 90.4 cm³/mol. The van der Waals surface area contributed by atoms with Crippen molar-refractivity contribution < 1.29 is 18.7 Å². The molecule has 0 bridgehead atoms. The highest BCUT2D eigenvalue weighted by atomic mass is 16.5. The van der Waals surface area contributed by atoms with E-state index >= 15 is 0 Å². The first kappa shape index (κ1) is 15.6. The van der Waals surface area contributed by atoms with E-state index in [0.717, 1.165) is 10.9 Å². The number of fused-ring (bicyclic) bond motifs is 1. The lowest BCUT2D eigenvalue weighted by Crippen LogP contribution is -2.13. The van der Waals surface area contributed by atoms with Gasteiger partial charge in [-0.1, -0.05) is 0 Å². The maximum Gasteiger partial charge on any atom is 0.291 e. The lowest BCUT2D eigenvalue weighted by Gasteiger charge is -2.04. The van der Waals surface area contributed by atoms with E-state index in [9.17, 15) is 9.59 Å². The highest BCUT2D eigenvalue weighted by Gasteiger charge is 2.18. The molecule has 122 valence electrons. The van der Waals surface area contributed by atoms with Crippen LogP contribution in [0.1, 0.15) is 26.5 Å². The molecule has 0 saturated heterocycles. The van der Waals surface area contributed by atoms with Gasteiger partial charge < -0.3 is 20.2 Å². The molecule has 0 fully saturated rings. The van der Waals surface area contributed by atoms with Gasteiger partial charge in [-0.2, -0.15) is 0 Å². The standard InChI is InChI=1S/C18H16N2O4/c1-10-14-9-13(23-2)7-8-15(14)24-16(10)18(22)20-12-5-3-11(4-6-12)17(19)21/h3-9H,1-2H3,(H2,19,21)(H,20,22). The van der Waals surface area contributed by atoms with Crippen molar-refractivity contribution in [2.24, 2.45) is 5.73 Å². The van der Waals surface area contributed by atoms with Crippen molar-refractivity contribution in [2.75, 3.05) is 12.4 Å². The average molecular weight is 324 g/mol. The third-order valence-electron chi connectivity index (χ3n) is 3.78. The molecule has 6 nitrogen and oxygen atoms in total. The number of carbonyl (C=O) groups is 2. The number of hydrogen-bond acceptors (Lipinski definition) is 4. The maximum absolute atomic E-state index is 12.5. The van der Waals surface area contributed by atoms with Crippen LogP contribution in [0.3, 0.4) is 0 Å². The molecule has 2 amide bonds. The first-order valence-electron chi connectivity index (χ1n) is 7.28. The lowest BCUT2D eigenvalue weighted by atomic mass is 10.1. The fourth-order valence-corrected chi connectivity index (χ4v) is 2.45. The smallest absolute Gasteiger partial charge is 0.291 e. The molecule has 1 aromatic heterocycles. The Balaban J connectivity index is 1.88. The number of hydrogen-bond donors (Lipinski definition) is 2. The number of nitrogens with one attached hydrogen (secondary N) is 1. The summed E-state index contributed by atoms with van der Waals surface area (Å²) >= 11 is 0. The molecule has 0 aliphatic rings. The molecule has 0 unspecified atom stereocenters. The summed E-state index contributed by atoms with van der Waals surface area (Å²) in [6, 6.07) is 11.7. The number of aryl methyl sites for hydroxylation is 1.